The fraction of sp³-hybridized carbons (Fsp3) is 0.385. The first-order valence-electron chi connectivity index (χ1n) is 5.43. The number of hydrogen-bond acceptors (Lipinski definition) is 5. The molecule has 0 aliphatic heterocycles. The zero-order valence-electron chi connectivity index (χ0n) is 10.4. The molecule has 5 nitrogen and oxygen atoms in total. The minimum absolute atomic E-state index is 0.00435. The van der Waals surface area contributed by atoms with Gasteiger partial charge in [-0.05, 0) is 5.56 Å². The lowest BCUT2D eigenvalue weighted by Gasteiger charge is -2.24. The molecule has 0 amide bonds. The van der Waals surface area contributed by atoms with Crippen LogP contribution in [0.15, 0.2) is 30.3 Å². The third-order valence-corrected chi connectivity index (χ3v) is 2.57. The van der Waals surface area contributed by atoms with Crippen molar-refractivity contribution in [3.05, 3.63) is 35.9 Å². The maximum Gasteiger partial charge on any atom is 0.338 e. The number of hydrogen-bond donors (Lipinski definition) is 1. The second kappa shape index (κ2) is 6.16. The van der Waals surface area contributed by atoms with Gasteiger partial charge in [-0.25, -0.2) is 4.79 Å². The highest BCUT2D eigenvalue weighted by molar-refractivity contribution is 5.85. The molecule has 18 heavy (non-hydrogen) atoms. The zero-order chi connectivity index (χ0) is 13.6. The highest BCUT2D eigenvalue weighted by atomic mass is 16.5. The average Bonchev–Trinajstić information content (AvgIpc) is 2.38. The number of esters is 2. The molecule has 0 heterocycles. The van der Waals surface area contributed by atoms with Crippen LogP contribution in [0.3, 0.4) is 0 Å². The van der Waals surface area contributed by atoms with Gasteiger partial charge in [0, 0.05) is 6.42 Å². The standard InChI is InChI=1S/C13H16O5/c1-17-11(14)9-13(16,12(15)18-2)8-10-6-4-3-5-7-10/h3-7,16H,8-9H2,1-2H3/t13-/m1/s1. The van der Waals surface area contributed by atoms with Crippen LogP contribution in [0.4, 0.5) is 0 Å². The Hall–Kier alpha value is -1.88. The molecule has 0 bridgehead atoms. The first-order valence-corrected chi connectivity index (χ1v) is 5.43. The molecular formula is C13H16O5. The van der Waals surface area contributed by atoms with Gasteiger partial charge in [0.05, 0.1) is 20.6 Å². The summed E-state index contributed by atoms with van der Waals surface area (Å²) in [4.78, 5) is 22.9. The number of carbonyl (C=O) groups excluding carboxylic acids is 2. The number of carbonyl (C=O) groups is 2. The summed E-state index contributed by atoms with van der Waals surface area (Å²) in [7, 11) is 2.36. The molecule has 0 saturated carbocycles. The second-order valence-electron chi connectivity index (χ2n) is 3.94. The first-order chi connectivity index (χ1) is 8.51. The lowest BCUT2D eigenvalue weighted by molar-refractivity contribution is -0.169. The summed E-state index contributed by atoms with van der Waals surface area (Å²) in [5.41, 5.74) is -1.17. The normalized spacial score (nSPS) is 13.5. The molecule has 1 N–H and O–H groups in total. The van der Waals surface area contributed by atoms with Crippen LogP contribution >= 0.6 is 0 Å². The molecule has 0 radical (unpaired) electrons. The van der Waals surface area contributed by atoms with Crippen LogP contribution in [-0.4, -0.2) is 36.9 Å². The van der Waals surface area contributed by atoms with Gasteiger partial charge in [0.25, 0.3) is 0 Å². The lowest BCUT2D eigenvalue weighted by Crippen LogP contribution is -2.44. The highest BCUT2D eigenvalue weighted by Crippen LogP contribution is 2.20. The van der Waals surface area contributed by atoms with Crippen LogP contribution < -0.4 is 0 Å². The van der Waals surface area contributed by atoms with E-state index in [2.05, 4.69) is 9.47 Å². The average molecular weight is 252 g/mol. The molecule has 0 spiro atoms. The third-order valence-electron chi connectivity index (χ3n) is 2.57. The highest BCUT2D eigenvalue weighted by Gasteiger charge is 2.40. The summed E-state index contributed by atoms with van der Waals surface area (Å²) >= 11 is 0. The van der Waals surface area contributed by atoms with Gasteiger partial charge in [-0.3, -0.25) is 4.79 Å². The molecule has 0 aliphatic rings. The van der Waals surface area contributed by atoms with Crippen molar-refractivity contribution < 1.29 is 24.2 Å². The van der Waals surface area contributed by atoms with Crippen molar-refractivity contribution in [3.8, 4) is 0 Å². The Balaban J connectivity index is 2.91. The summed E-state index contributed by atoms with van der Waals surface area (Å²) < 4.78 is 9.01. The molecule has 1 atom stereocenters. The van der Waals surface area contributed by atoms with Crippen molar-refractivity contribution in [2.75, 3.05) is 14.2 Å². The molecule has 5 heteroatoms. The molecule has 0 saturated heterocycles. The van der Waals surface area contributed by atoms with Crippen molar-refractivity contribution in [1.29, 1.82) is 0 Å². The Labute approximate surface area is 105 Å². The van der Waals surface area contributed by atoms with Crippen molar-refractivity contribution >= 4 is 11.9 Å². The van der Waals surface area contributed by atoms with Gasteiger partial charge in [-0.15, -0.1) is 0 Å². The number of benzene rings is 1. The Morgan fingerprint density at radius 1 is 1.17 bits per heavy atom. The number of ether oxygens (including phenoxy) is 2. The second-order valence-corrected chi connectivity index (χ2v) is 3.94. The Morgan fingerprint density at radius 3 is 2.28 bits per heavy atom. The maximum absolute atomic E-state index is 11.6. The van der Waals surface area contributed by atoms with E-state index < -0.39 is 24.0 Å². The summed E-state index contributed by atoms with van der Waals surface area (Å²) in [5, 5.41) is 10.3. The Bertz CT molecular complexity index is 415. The van der Waals surface area contributed by atoms with E-state index >= 15 is 0 Å². The van der Waals surface area contributed by atoms with Crippen LogP contribution in [0.2, 0.25) is 0 Å². The van der Waals surface area contributed by atoms with Crippen molar-refractivity contribution in [1.82, 2.24) is 0 Å². The number of aliphatic hydroxyl groups is 1. The van der Waals surface area contributed by atoms with Crippen molar-refractivity contribution in [2.45, 2.75) is 18.4 Å². The van der Waals surface area contributed by atoms with Gasteiger partial charge >= 0.3 is 11.9 Å². The molecule has 98 valence electrons. The fourth-order valence-corrected chi connectivity index (χ4v) is 1.64. The molecule has 0 fully saturated rings. The summed E-state index contributed by atoms with van der Waals surface area (Å²) in [6, 6.07) is 8.90. The predicted molar refractivity (Wildman–Crippen MR) is 63.7 cm³/mol. The smallest absolute Gasteiger partial charge is 0.338 e. The monoisotopic (exact) mass is 252 g/mol. The van der Waals surface area contributed by atoms with E-state index in [0.29, 0.717) is 0 Å². The van der Waals surface area contributed by atoms with Gasteiger partial charge < -0.3 is 14.6 Å². The van der Waals surface area contributed by atoms with Gasteiger partial charge in [0.1, 0.15) is 0 Å². The fourth-order valence-electron chi connectivity index (χ4n) is 1.64. The van der Waals surface area contributed by atoms with Gasteiger partial charge in [-0.1, -0.05) is 30.3 Å². The molecule has 1 aromatic carbocycles. The predicted octanol–water partition coefficient (Wildman–Crippen LogP) is 0.696. The molecule has 1 aromatic rings. The van der Waals surface area contributed by atoms with E-state index in [1.54, 1.807) is 24.3 Å². The molecule has 0 unspecified atom stereocenters. The summed E-state index contributed by atoms with van der Waals surface area (Å²) in [5.74, 6) is -1.52. The largest absolute Gasteiger partial charge is 0.469 e. The van der Waals surface area contributed by atoms with E-state index in [-0.39, 0.29) is 6.42 Å². The van der Waals surface area contributed by atoms with Crippen LogP contribution in [0, 0.1) is 0 Å². The van der Waals surface area contributed by atoms with Gasteiger partial charge in [-0.2, -0.15) is 0 Å². The van der Waals surface area contributed by atoms with E-state index in [1.807, 2.05) is 6.07 Å². The minimum atomic E-state index is -1.90. The van der Waals surface area contributed by atoms with Gasteiger partial charge in [0.2, 0.25) is 0 Å². The van der Waals surface area contributed by atoms with Crippen molar-refractivity contribution in [2.24, 2.45) is 0 Å². The molecular weight excluding hydrogens is 236 g/mol. The minimum Gasteiger partial charge on any atom is -0.469 e. The summed E-state index contributed by atoms with van der Waals surface area (Å²) in [6.45, 7) is 0. The van der Waals surface area contributed by atoms with E-state index in [4.69, 9.17) is 0 Å². The molecule has 0 aliphatic carbocycles. The Morgan fingerprint density at radius 2 is 1.78 bits per heavy atom. The number of rotatable bonds is 5. The van der Waals surface area contributed by atoms with Crippen LogP contribution in [-0.2, 0) is 25.5 Å². The number of methoxy groups -OCH3 is 2. The van der Waals surface area contributed by atoms with E-state index in [9.17, 15) is 14.7 Å². The topological polar surface area (TPSA) is 72.8 Å². The first kappa shape index (κ1) is 14.2. The van der Waals surface area contributed by atoms with Gasteiger partial charge in [0.15, 0.2) is 5.60 Å². The van der Waals surface area contributed by atoms with E-state index in [1.165, 1.54) is 7.11 Å². The summed E-state index contributed by atoms with van der Waals surface area (Å²) in [6.07, 6.45) is -0.444. The van der Waals surface area contributed by atoms with Crippen LogP contribution in [0.1, 0.15) is 12.0 Å². The Kier molecular flexibility index (Phi) is 4.85. The maximum atomic E-state index is 11.6. The van der Waals surface area contributed by atoms with Crippen molar-refractivity contribution in [3.63, 3.8) is 0 Å². The molecule has 1 rings (SSSR count). The lowest BCUT2D eigenvalue weighted by atomic mass is 9.91. The van der Waals surface area contributed by atoms with E-state index in [0.717, 1.165) is 12.7 Å². The quantitative estimate of drug-likeness (QED) is 0.781. The third kappa shape index (κ3) is 3.56. The van der Waals surface area contributed by atoms with Crippen LogP contribution in [0.25, 0.3) is 0 Å². The molecule has 0 aromatic heterocycles. The zero-order valence-corrected chi connectivity index (χ0v) is 10.4. The van der Waals surface area contributed by atoms with Crippen LogP contribution in [0.5, 0.6) is 0 Å². The SMILES string of the molecule is COC(=O)C[C@](O)(Cc1ccccc1)C(=O)OC.